The summed E-state index contributed by atoms with van der Waals surface area (Å²) < 4.78 is 0. The fourth-order valence-electron chi connectivity index (χ4n) is 1.85. The second kappa shape index (κ2) is 4.61. The van der Waals surface area contributed by atoms with Crippen molar-refractivity contribution in [1.82, 2.24) is 4.90 Å². The molecular formula is C10H19NO. The number of piperidine rings is 1. The Labute approximate surface area is 74.9 Å². The molecule has 70 valence electrons. The van der Waals surface area contributed by atoms with Crippen LogP contribution in [0.5, 0.6) is 0 Å². The number of likely N-dealkylation sites (tertiary alicyclic amines) is 1. The van der Waals surface area contributed by atoms with Crippen LogP contribution < -0.4 is 0 Å². The van der Waals surface area contributed by atoms with Gasteiger partial charge >= 0.3 is 0 Å². The van der Waals surface area contributed by atoms with Crippen LogP contribution in [0.1, 0.15) is 33.1 Å². The number of ketones is 1. The van der Waals surface area contributed by atoms with Gasteiger partial charge in [0.15, 0.2) is 0 Å². The van der Waals surface area contributed by atoms with Crippen LogP contribution in [-0.2, 0) is 4.79 Å². The summed E-state index contributed by atoms with van der Waals surface area (Å²) in [6.07, 6.45) is 2.99. The summed E-state index contributed by atoms with van der Waals surface area (Å²) in [6, 6.07) is 0. The highest BCUT2D eigenvalue weighted by Gasteiger charge is 2.24. The van der Waals surface area contributed by atoms with Gasteiger partial charge in [0.05, 0.1) is 0 Å². The van der Waals surface area contributed by atoms with E-state index in [0.717, 1.165) is 32.5 Å². The summed E-state index contributed by atoms with van der Waals surface area (Å²) >= 11 is 0. The fraction of sp³-hybridized carbons (Fsp3) is 0.900. The summed E-state index contributed by atoms with van der Waals surface area (Å²) in [5.74, 6) is 0.801. The van der Waals surface area contributed by atoms with Gasteiger partial charge in [-0.1, -0.05) is 13.8 Å². The molecule has 1 heterocycles. The number of Topliss-reactive ketones (excluding diaryl/α,β-unsaturated/α-hetero) is 1. The molecule has 2 heteroatoms. The summed E-state index contributed by atoms with van der Waals surface area (Å²) in [7, 11) is 0. The van der Waals surface area contributed by atoms with Gasteiger partial charge in [0, 0.05) is 25.4 Å². The van der Waals surface area contributed by atoms with E-state index in [1.165, 1.54) is 6.42 Å². The molecule has 1 aliphatic heterocycles. The van der Waals surface area contributed by atoms with Gasteiger partial charge in [-0.3, -0.25) is 4.79 Å². The van der Waals surface area contributed by atoms with Crippen LogP contribution in [0, 0.1) is 5.92 Å². The summed E-state index contributed by atoms with van der Waals surface area (Å²) in [5, 5.41) is 0. The Bertz CT molecular complexity index is 156. The minimum absolute atomic E-state index is 0.324. The quantitative estimate of drug-likeness (QED) is 0.641. The second-order valence-electron chi connectivity index (χ2n) is 3.62. The first-order valence-corrected chi connectivity index (χ1v) is 5.03. The third-order valence-electron chi connectivity index (χ3n) is 2.64. The zero-order valence-corrected chi connectivity index (χ0v) is 8.18. The molecule has 1 rings (SSSR count). The molecule has 0 spiro atoms. The number of carbonyl (C=O) groups excluding carboxylic acids is 1. The van der Waals surface area contributed by atoms with Crippen molar-refractivity contribution in [3.05, 3.63) is 0 Å². The van der Waals surface area contributed by atoms with Gasteiger partial charge in [-0.05, 0) is 19.4 Å². The van der Waals surface area contributed by atoms with Crippen LogP contribution >= 0.6 is 0 Å². The maximum absolute atomic E-state index is 11.3. The Morgan fingerprint density at radius 2 is 2.25 bits per heavy atom. The van der Waals surface area contributed by atoms with E-state index in [0.29, 0.717) is 11.7 Å². The molecule has 12 heavy (non-hydrogen) atoms. The lowest BCUT2D eigenvalue weighted by molar-refractivity contribution is -0.126. The molecule has 0 bridgehead atoms. The van der Waals surface area contributed by atoms with E-state index in [-0.39, 0.29) is 0 Å². The van der Waals surface area contributed by atoms with E-state index in [1.807, 2.05) is 0 Å². The SMILES string of the molecule is CCCN1CCC(=O)[C@H](CC)C1. The molecule has 0 N–H and O–H groups in total. The minimum atomic E-state index is 0.324. The first-order valence-electron chi connectivity index (χ1n) is 5.03. The van der Waals surface area contributed by atoms with Crippen molar-refractivity contribution in [2.24, 2.45) is 5.92 Å². The third kappa shape index (κ3) is 2.31. The van der Waals surface area contributed by atoms with E-state index in [2.05, 4.69) is 18.7 Å². The monoisotopic (exact) mass is 169 g/mol. The molecule has 0 aromatic carbocycles. The van der Waals surface area contributed by atoms with Gasteiger partial charge in [0.2, 0.25) is 0 Å². The number of hydrogen-bond donors (Lipinski definition) is 0. The van der Waals surface area contributed by atoms with Crippen molar-refractivity contribution in [1.29, 1.82) is 0 Å². The van der Waals surface area contributed by atoms with Gasteiger partial charge in [-0.2, -0.15) is 0 Å². The van der Waals surface area contributed by atoms with Crippen LogP contribution in [0.4, 0.5) is 0 Å². The van der Waals surface area contributed by atoms with Crippen molar-refractivity contribution < 1.29 is 4.79 Å². The van der Waals surface area contributed by atoms with E-state index in [1.54, 1.807) is 0 Å². The standard InChI is InChI=1S/C10H19NO/c1-3-6-11-7-5-10(12)9(4-2)8-11/h9H,3-8H2,1-2H3/t9-/m1/s1. The Kier molecular flexibility index (Phi) is 3.73. The van der Waals surface area contributed by atoms with Crippen LogP contribution in [0.15, 0.2) is 0 Å². The molecule has 1 atom stereocenters. The lowest BCUT2D eigenvalue weighted by Gasteiger charge is -2.30. The molecule has 2 nitrogen and oxygen atoms in total. The molecule has 1 saturated heterocycles. The van der Waals surface area contributed by atoms with Crippen molar-refractivity contribution in [2.75, 3.05) is 19.6 Å². The van der Waals surface area contributed by atoms with Crippen molar-refractivity contribution in [3.63, 3.8) is 0 Å². The number of hydrogen-bond acceptors (Lipinski definition) is 2. The zero-order valence-electron chi connectivity index (χ0n) is 8.18. The van der Waals surface area contributed by atoms with Crippen LogP contribution in [-0.4, -0.2) is 30.3 Å². The highest BCUT2D eigenvalue weighted by atomic mass is 16.1. The molecule has 0 aliphatic carbocycles. The largest absolute Gasteiger partial charge is 0.302 e. The van der Waals surface area contributed by atoms with Gasteiger partial charge in [0.25, 0.3) is 0 Å². The van der Waals surface area contributed by atoms with E-state index in [9.17, 15) is 4.79 Å². The van der Waals surface area contributed by atoms with Gasteiger partial charge in [-0.15, -0.1) is 0 Å². The third-order valence-corrected chi connectivity index (χ3v) is 2.64. The first-order chi connectivity index (χ1) is 5.77. The Morgan fingerprint density at radius 3 is 2.83 bits per heavy atom. The Balaban J connectivity index is 2.38. The van der Waals surface area contributed by atoms with E-state index < -0.39 is 0 Å². The average molecular weight is 169 g/mol. The molecule has 0 radical (unpaired) electrons. The lowest BCUT2D eigenvalue weighted by atomic mass is 9.94. The predicted octanol–water partition coefficient (Wildman–Crippen LogP) is 1.70. The Morgan fingerprint density at radius 1 is 1.50 bits per heavy atom. The number of nitrogens with zero attached hydrogens (tertiary/aromatic N) is 1. The van der Waals surface area contributed by atoms with Crippen molar-refractivity contribution >= 4 is 5.78 Å². The zero-order chi connectivity index (χ0) is 8.97. The van der Waals surface area contributed by atoms with Gasteiger partial charge < -0.3 is 4.90 Å². The topological polar surface area (TPSA) is 20.3 Å². The number of rotatable bonds is 3. The molecular weight excluding hydrogens is 150 g/mol. The molecule has 1 aliphatic rings. The van der Waals surface area contributed by atoms with Crippen LogP contribution in [0.25, 0.3) is 0 Å². The molecule has 0 unspecified atom stereocenters. The minimum Gasteiger partial charge on any atom is -0.302 e. The maximum atomic E-state index is 11.3. The van der Waals surface area contributed by atoms with Crippen LogP contribution in [0.2, 0.25) is 0 Å². The summed E-state index contributed by atoms with van der Waals surface area (Å²) in [6.45, 7) is 7.45. The molecule has 0 aromatic heterocycles. The maximum Gasteiger partial charge on any atom is 0.138 e. The van der Waals surface area contributed by atoms with Crippen molar-refractivity contribution in [2.45, 2.75) is 33.1 Å². The lowest BCUT2D eigenvalue weighted by Crippen LogP contribution is -2.40. The first kappa shape index (κ1) is 9.72. The molecule has 0 saturated carbocycles. The second-order valence-corrected chi connectivity index (χ2v) is 3.62. The van der Waals surface area contributed by atoms with Gasteiger partial charge in [0.1, 0.15) is 5.78 Å². The highest BCUT2D eigenvalue weighted by Crippen LogP contribution is 2.15. The van der Waals surface area contributed by atoms with Crippen molar-refractivity contribution in [3.8, 4) is 0 Å². The summed E-state index contributed by atoms with van der Waals surface area (Å²) in [4.78, 5) is 13.8. The predicted molar refractivity (Wildman–Crippen MR) is 50.1 cm³/mol. The normalized spacial score (nSPS) is 26.2. The van der Waals surface area contributed by atoms with E-state index in [4.69, 9.17) is 0 Å². The smallest absolute Gasteiger partial charge is 0.138 e. The molecule has 1 fully saturated rings. The van der Waals surface area contributed by atoms with E-state index >= 15 is 0 Å². The average Bonchev–Trinajstić information content (AvgIpc) is 2.09. The van der Waals surface area contributed by atoms with Gasteiger partial charge in [-0.25, -0.2) is 0 Å². The number of carbonyl (C=O) groups is 1. The van der Waals surface area contributed by atoms with Crippen LogP contribution in [0.3, 0.4) is 0 Å². The molecule has 0 amide bonds. The highest BCUT2D eigenvalue weighted by molar-refractivity contribution is 5.82. The summed E-state index contributed by atoms with van der Waals surface area (Å²) in [5.41, 5.74) is 0. The fourth-order valence-corrected chi connectivity index (χ4v) is 1.85. The molecule has 0 aromatic rings. The Hall–Kier alpha value is -0.370.